The van der Waals surface area contributed by atoms with Crippen molar-refractivity contribution in [3.05, 3.63) is 99.6 Å². The molecule has 0 heterocycles. The van der Waals surface area contributed by atoms with E-state index in [0.29, 0.717) is 29.9 Å². The minimum atomic E-state index is -0.542. The van der Waals surface area contributed by atoms with E-state index in [1.807, 2.05) is 0 Å². The lowest BCUT2D eigenvalue weighted by Crippen LogP contribution is -2.26. The molecule has 38 heavy (non-hydrogen) atoms. The van der Waals surface area contributed by atoms with Crippen molar-refractivity contribution in [2.75, 3.05) is 13.2 Å². The topological polar surface area (TPSA) is 149 Å². The molecule has 0 aromatic heterocycles. The molecule has 0 spiro atoms. The quantitative estimate of drug-likeness (QED) is 0.0923. The van der Waals surface area contributed by atoms with Gasteiger partial charge in [0.1, 0.15) is 0 Å². The number of amides is 2. The van der Waals surface area contributed by atoms with Crippen LogP contribution >= 0.6 is 0 Å². The smallest absolute Gasteiger partial charge is 0.343 e. The van der Waals surface area contributed by atoms with Gasteiger partial charge < -0.3 is 14.8 Å². The first-order valence-electron chi connectivity index (χ1n) is 11.8. The monoisotopic (exact) mass is 518 g/mol. The van der Waals surface area contributed by atoms with E-state index < -0.39 is 10.9 Å². The Bertz CT molecular complexity index is 1310. The molecule has 0 radical (unpaired) electrons. The summed E-state index contributed by atoms with van der Waals surface area (Å²) in [6.45, 7) is 2.40. The Morgan fingerprint density at radius 2 is 1.71 bits per heavy atom. The van der Waals surface area contributed by atoms with E-state index in [0.717, 1.165) is 0 Å². The largest absolute Gasteiger partial charge is 0.490 e. The summed E-state index contributed by atoms with van der Waals surface area (Å²) in [6, 6.07) is 18.7. The zero-order valence-corrected chi connectivity index (χ0v) is 20.6. The second-order valence-corrected chi connectivity index (χ2v) is 7.85. The number of benzene rings is 3. The van der Waals surface area contributed by atoms with E-state index in [1.165, 1.54) is 30.5 Å². The SMILES string of the molecule is CCOc1cc(/C=N/NC(=O)CCCNC(=O)c2ccc([N+](=O)[O-])cc2)ccc1OC(=O)c1ccccc1. The Hall–Kier alpha value is -5.06. The van der Waals surface area contributed by atoms with Crippen molar-refractivity contribution < 1.29 is 28.8 Å². The highest BCUT2D eigenvalue weighted by atomic mass is 16.6. The van der Waals surface area contributed by atoms with E-state index in [1.54, 1.807) is 55.5 Å². The van der Waals surface area contributed by atoms with Crippen molar-refractivity contribution in [3.63, 3.8) is 0 Å². The number of hydrazone groups is 1. The van der Waals surface area contributed by atoms with E-state index in [2.05, 4.69) is 15.8 Å². The second-order valence-electron chi connectivity index (χ2n) is 7.85. The van der Waals surface area contributed by atoms with E-state index in [-0.39, 0.29) is 41.8 Å². The van der Waals surface area contributed by atoms with Crippen molar-refractivity contribution in [2.24, 2.45) is 5.10 Å². The number of carbonyl (C=O) groups is 3. The van der Waals surface area contributed by atoms with E-state index in [4.69, 9.17) is 9.47 Å². The molecule has 11 nitrogen and oxygen atoms in total. The van der Waals surface area contributed by atoms with Crippen LogP contribution in [0.5, 0.6) is 11.5 Å². The second kappa shape index (κ2) is 13.9. The van der Waals surface area contributed by atoms with Crippen LogP contribution in [-0.4, -0.2) is 42.1 Å². The maximum atomic E-state index is 12.4. The maximum Gasteiger partial charge on any atom is 0.343 e. The van der Waals surface area contributed by atoms with Crippen molar-refractivity contribution in [2.45, 2.75) is 19.8 Å². The van der Waals surface area contributed by atoms with Gasteiger partial charge in [-0.05, 0) is 61.4 Å². The van der Waals surface area contributed by atoms with Gasteiger partial charge in [0.15, 0.2) is 11.5 Å². The number of nitrogens with one attached hydrogen (secondary N) is 2. The van der Waals surface area contributed by atoms with Crippen LogP contribution in [0.25, 0.3) is 0 Å². The van der Waals surface area contributed by atoms with E-state index in [9.17, 15) is 24.5 Å². The highest BCUT2D eigenvalue weighted by molar-refractivity contribution is 5.94. The summed E-state index contributed by atoms with van der Waals surface area (Å²) in [5.74, 6) is -0.622. The van der Waals surface area contributed by atoms with Gasteiger partial charge in [-0.3, -0.25) is 19.7 Å². The molecule has 0 fully saturated rings. The van der Waals surface area contributed by atoms with Crippen LogP contribution in [0.1, 0.15) is 46.0 Å². The van der Waals surface area contributed by atoms with Gasteiger partial charge in [-0.15, -0.1) is 0 Å². The molecule has 0 saturated heterocycles. The molecular weight excluding hydrogens is 492 g/mol. The number of esters is 1. The molecule has 0 aliphatic carbocycles. The maximum absolute atomic E-state index is 12.4. The molecule has 3 rings (SSSR count). The zero-order chi connectivity index (χ0) is 27.3. The number of nitro benzene ring substituents is 1. The fourth-order valence-electron chi connectivity index (χ4n) is 3.21. The number of hydrogen-bond acceptors (Lipinski definition) is 8. The molecule has 2 amide bonds. The van der Waals surface area contributed by atoms with Crippen LogP contribution in [0, 0.1) is 10.1 Å². The Balaban J connectivity index is 1.45. The first-order valence-corrected chi connectivity index (χ1v) is 11.8. The number of hydrogen-bond donors (Lipinski definition) is 2. The summed E-state index contributed by atoms with van der Waals surface area (Å²) in [6.07, 6.45) is 1.92. The van der Waals surface area contributed by atoms with Gasteiger partial charge in [0, 0.05) is 30.7 Å². The lowest BCUT2D eigenvalue weighted by molar-refractivity contribution is -0.384. The number of carbonyl (C=O) groups excluding carboxylic acids is 3. The van der Waals surface area contributed by atoms with Crippen LogP contribution < -0.4 is 20.2 Å². The van der Waals surface area contributed by atoms with Crippen molar-refractivity contribution in [1.29, 1.82) is 0 Å². The third-order valence-corrected chi connectivity index (χ3v) is 5.09. The standard InChI is InChI=1S/C27H26N4O7/c1-2-37-24-17-19(10-15-23(24)38-27(34)21-7-4-3-5-8-21)18-29-30-25(32)9-6-16-28-26(33)20-11-13-22(14-12-20)31(35)36/h3-5,7-8,10-15,17-18H,2,6,9,16H2,1H3,(H,28,33)(H,30,32)/b29-18+. The Kier molecular flexibility index (Phi) is 10.1. The predicted octanol–water partition coefficient (Wildman–Crippen LogP) is 3.87. The molecular formula is C27H26N4O7. The molecule has 0 bridgehead atoms. The molecule has 0 aliphatic rings. The third-order valence-electron chi connectivity index (χ3n) is 5.09. The first kappa shape index (κ1) is 27.5. The number of rotatable bonds is 12. The fraction of sp³-hybridized carbons (Fsp3) is 0.185. The summed E-state index contributed by atoms with van der Waals surface area (Å²) < 4.78 is 11.0. The van der Waals surface area contributed by atoms with Crippen molar-refractivity contribution in [1.82, 2.24) is 10.7 Å². The summed E-state index contributed by atoms with van der Waals surface area (Å²) in [7, 11) is 0. The molecule has 0 unspecified atom stereocenters. The summed E-state index contributed by atoms with van der Waals surface area (Å²) in [5.41, 5.74) is 3.63. The lowest BCUT2D eigenvalue weighted by Gasteiger charge is -2.11. The Labute approximate surface area is 218 Å². The van der Waals surface area contributed by atoms with Gasteiger partial charge in [-0.25, -0.2) is 10.2 Å². The van der Waals surface area contributed by atoms with Crippen LogP contribution in [0.3, 0.4) is 0 Å². The van der Waals surface area contributed by atoms with Crippen LogP contribution in [-0.2, 0) is 4.79 Å². The third kappa shape index (κ3) is 8.26. The van der Waals surface area contributed by atoms with Crippen molar-refractivity contribution >= 4 is 29.7 Å². The summed E-state index contributed by atoms with van der Waals surface area (Å²) in [4.78, 5) is 46.6. The Morgan fingerprint density at radius 3 is 2.39 bits per heavy atom. The average Bonchev–Trinajstić information content (AvgIpc) is 2.93. The first-order chi connectivity index (χ1) is 18.4. The number of nitro groups is 1. The molecule has 196 valence electrons. The van der Waals surface area contributed by atoms with Gasteiger partial charge in [-0.2, -0.15) is 5.10 Å². The molecule has 3 aromatic rings. The molecule has 0 atom stereocenters. The summed E-state index contributed by atoms with van der Waals surface area (Å²) >= 11 is 0. The molecule has 2 N–H and O–H groups in total. The van der Waals surface area contributed by atoms with Crippen LogP contribution in [0.2, 0.25) is 0 Å². The molecule has 0 aliphatic heterocycles. The van der Waals surface area contributed by atoms with Gasteiger partial charge >= 0.3 is 5.97 Å². The summed E-state index contributed by atoms with van der Waals surface area (Å²) in [5, 5.41) is 17.3. The van der Waals surface area contributed by atoms with Gasteiger partial charge in [0.2, 0.25) is 5.91 Å². The number of nitrogens with zero attached hydrogens (tertiary/aromatic N) is 2. The average molecular weight is 519 g/mol. The molecule has 0 saturated carbocycles. The normalized spacial score (nSPS) is 10.6. The minimum Gasteiger partial charge on any atom is -0.490 e. The number of ether oxygens (including phenoxy) is 2. The zero-order valence-electron chi connectivity index (χ0n) is 20.6. The highest BCUT2D eigenvalue weighted by Gasteiger charge is 2.13. The number of non-ortho nitro benzene ring substituents is 1. The van der Waals surface area contributed by atoms with Gasteiger partial charge in [-0.1, -0.05) is 18.2 Å². The minimum absolute atomic E-state index is 0.102. The lowest BCUT2D eigenvalue weighted by atomic mass is 10.2. The van der Waals surface area contributed by atoms with Gasteiger partial charge in [0.05, 0.1) is 23.3 Å². The van der Waals surface area contributed by atoms with Gasteiger partial charge in [0.25, 0.3) is 11.6 Å². The fourth-order valence-corrected chi connectivity index (χ4v) is 3.21. The predicted molar refractivity (Wildman–Crippen MR) is 139 cm³/mol. The molecule has 3 aromatic carbocycles. The van der Waals surface area contributed by atoms with Crippen LogP contribution in [0.4, 0.5) is 5.69 Å². The molecule has 11 heteroatoms. The van der Waals surface area contributed by atoms with E-state index >= 15 is 0 Å². The highest BCUT2D eigenvalue weighted by Crippen LogP contribution is 2.29. The van der Waals surface area contributed by atoms with Crippen molar-refractivity contribution in [3.8, 4) is 11.5 Å². The Morgan fingerprint density at radius 1 is 0.974 bits per heavy atom. The van der Waals surface area contributed by atoms with Crippen LogP contribution in [0.15, 0.2) is 77.9 Å².